The van der Waals surface area contributed by atoms with Gasteiger partial charge in [-0.15, -0.1) is 0 Å². The van der Waals surface area contributed by atoms with Crippen LogP contribution < -0.4 is 5.48 Å². The molecule has 2 heteroatoms. The van der Waals surface area contributed by atoms with E-state index in [9.17, 15) is 0 Å². The highest BCUT2D eigenvalue weighted by Crippen LogP contribution is 2.33. The maximum Gasteiger partial charge on any atom is 0.0636 e. The van der Waals surface area contributed by atoms with Gasteiger partial charge in [0, 0.05) is 5.70 Å². The van der Waals surface area contributed by atoms with Crippen LogP contribution >= 0.6 is 0 Å². The van der Waals surface area contributed by atoms with Crippen molar-refractivity contribution in [3.63, 3.8) is 0 Å². The van der Waals surface area contributed by atoms with Crippen LogP contribution in [0.5, 0.6) is 0 Å². The second-order valence-corrected chi connectivity index (χ2v) is 5.97. The van der Waals surface area contributed by atoms with E-state index in [1.54, 1.807) is 12.7 Å². The van der Waals surface area contributed by atoms with Gasteiger partial charge in [-0.3, -0.25) is 10.3 Å². The quantitative estimate of drug-likeness (QED) is 0.728. The largest absolute Gasteiger partial charge is 0.280 e. The molecule has 1 N–H and O–H groups in total. The van der Waals surface area contributed by atoms with E-state index in [-0.39, 0.29) is 0 Å². The first-order valence-corrected chi connectivity index (χ1v) is 7.09. The maximum atomic E-state index is 5.13. The Kier molecular flexibility index (Phi) is 6.04. The fourth-order valence-electron chi connectivity index (χ4n) is 2.77. The van der Waals surface area contributed by atoms with Gasteiger partial charge in [-0.2, -0.15) is 0 Å². The Labute approximate surface area is 107 Å². The van der Waals surface area contributed by atoms with E-state index in [1.807, 2.05) is 0 Å². The zero-order valence-electron chi connectivity index (χ0n) is 12.1. The monoisotopic (exact) mass is 239 g/mol. The van der Waals surface area contributed by atoms with Crippen LogP contribution in [0.1, 0.15) is 72.1 Å². The van der Waals surface area contributed by atoms with Crippen LogP contribution in [-0.4, -0.2) is 7.11 Å². The summed E-state index contributed by atoms with van der Waals surface area (Å²) in [5.74, 6) is 0. The molecule has 0 aliphatic heterocycles. The highest BCUT2D eigenvalue weighted by Gasteiger charge is 2.19. The summed E-state index contributed by atoms with van der Waals surface area (Å²) in [6.45, 7) is 7.06. The van der Waals surface area contributed by atoms with E-state index in [4.69, 9.17) is 4.84 Å². The lowest BCUT2D eigenvalue weighted by Crippen LogP contribution is -2.17. The van der Waals surface area contributed by atoms with Crippen LogP contribution in [0, 0.1) is 5.41 Å². The van der Waals surface area contributed by atoms with Crippen LogP contribution in [0.4, 0.5) is 0 Å². The van der Waals surface area contributed by atoms with E-state index in [1.165, 1.54) is 44.2 Å². The number of hydrogen-bond acceptors (Lipinski definition) is 2. The number of hydroxylamine groups is 1. The SMILES string of the molecule is CC/C1=C(\NOC)CCCC(C)(C)CCCC1. The van der Waals surface area contributed by atoms with Gasteiger partial charge >= 0.3 is 0 Å². The van der Waals surface area contributed by atoms with Crippen LogP contribution in [0.3, 0.4) is 0 Å². The van der Waals surface area contributed by atoms with Crippen LogP contribution in [0.25, 0.3) is 0 Å². The normalized spacial score (nSPS) is 26.6. The molecular weight excluding hydrogens is 210 g/mol. The zero-order chi connectivity index (χ0) is 12.7. The predicted molar refractivity (Wildman–Crippen MR) is 73.6 cm³/mol. The number of allylic oxidation sites excluding steroid dienone is 2. The number of hydrogen-bond donors (Lipinski definition) is 1. The molecule has 100 valence electrons. The van der Waals surface area contributed by atoms with Crippen molar-refractivity contribution >= 4 is 0 Å². The third kappa shape index (κ3) is 5.12. The smallest absolute Gasteiger partial charge is 0.0636 e. The summed E-state index contributed by atoms with van der Waals surface area (Å²) in [5.41, 5.74) is 6.53. The van der Waals surface area contributed by atoms with Crippen molar-refractivity contribution in [2.75, 3.05) is 7.11 Å². The first kappa shape index (κ1) is 14.6. The molecule has 0 fully saturated rings. The van der Waals surface area contributed by atoms with Crippen molar-refractivity contribution in [1.29, 1.82) is 0 Å². The van der Waals surface area contributed by atoms with Crippen molar-refractivity contribution in [3.05, 3.63) is 11.3 Å². The summed E-state index contributed by atoms with van der Waals surface area (Å²) in [6, 6.07) is 0. The molecule has 0 aromatic rings. The zero-order valence-corrected chi connectivity index (χ0v) is 12.1. The van der Waals surface area contributed by atoms with Gasteiger partial charge in [-0.1, -0.05) is 27.2 Å². The lowest BCUT2D eigenvalue weighted by Gasteiger charge is -2.27. The first-order chi connectivity index (χ1) is 8.09. The van der Waals surface area contributed by atoms with Crippen LogP contribution in [0.2, 0.25) is 0 Å². The molecule has 0 amide bonds. The Morgan fingerprint density at radius 1 is 1.12 bits per heavy atom. The molecule has 0 aromatic carbocycles. The average Bonchev–Trinajstić information content (AvgIpc) is 2.28. The fraction of sp³-hybridized carbons (Fsp3) is 0.867. The van der Waals surface area contributed by atoms with Gasteiger partial charge < -0.3 is 0 Å². The molecule has 0 bridgehead atoms. The van der Waals surface area contributed by atoms with Gasteiger partial charge in [-0.25, -0.2) is 0 Å². The maximum absolute atomic E-state index is 5.13. The molecule has 0 radical (unpaired) electrons. The number of nitrogens with one attached hydrogen (secondary N) is 1. The highest BCUT2D eigenvalue weighted by molar-refractivity contribution is 5.11. The summed E-state index contributed by atoms with van der Waals surface area (Å²) in [5, 5.41) is 0. The second-order valence-electron chi connectivity index (χ2n) is 5.97. The Hall–Kier alpha value is -0.500. The lowest BCUT2D eigenvalue weighted by atomic mass is 9.80. The highest BCUT2D eigenvalue weighted by atomic mass is 16.6. The third-order valence-corrected chi connectivity index (χ3v) is 3.94. The molecule has 0 aromatic heterocycles. The standard InChI is InChI=1S/C15H29NO/c1-5-13-9-6-7-11-15(2,3)12-8-10-14(13)16-17-4/h16H,5-12H2,1-4H3/b14-13+. The van der Waals surface area contributed by atoms with Crippen molar-refractivity contribution in [3.8, 4) is 0 Å². The van der Waals surface area contributed by atoms with E-state index in [2.05, 4.69) is 26.3 Å². The Balaban J connectivity index is 2.70. The fourth-order valence-corrected chi connectivity index (χ4v) is 2.77. The van der Waals surface area contributed by atoms with Gasteiger partial charge in [0.25, 0.3) is 0 Å². The molecule has 0 saturated heterocycles. The molecule has 1 rings (SSSR count). The van der Waals surface area contributed by atoms with Crippen molar-refractivity contribution in [2.24, 2.45) is 5.41 Å². The van der Waals surface area contributed by atoms with Gasteiger partial charge in [0.05, 0.1) is 7.11 Å². The summed E-state index contributed by atoms with van der Waals surface area (Å²) < 4.78 is 0. The predicted octanol–water partition coefficient (Wildman–Crippen LogP) is 4.57. The molecule has 0 atom stereocenters. The molecule has 2 nitrogen and oxygen atoms in total. The third-order valence-electron chi connectivity index (χ3n) is 3.94. The molecule has 17 heavy (non-hydrogen) atoms. The first-order valence-electron chi connectivity index (χ1n) is 7.09. The molecule has 0 heterocycles. The minimum absolute atomic E-state index is 0.516. The summed E-state index contributed by atoms with van der Waals surface area (Å²) >= 11 is 0. The van der Waals surface area contributed by atoms with Crippen molar-refractivity contribution in [1.82, 2.24) is 5.48 Å². The average molecular weight is 239 g/mol. The summed E-state index contributed by atoms with van der Waals surface area (Å²) in [6.07, 6.45) is 10.2. The van der Waals surface area contributed by atoms with Crippen molar-refractivity contribution < 1.29 is 4.84 Å². The van der Waals surface area contributed by atoms with Gasteiger partial charge in [-0.05, 0) is 55.9 Å². The second kappa shape index (κ2) is 7.05. The van der Waals surface area contributed by atoms with Gasteiger partial charge in [0.15, 0.2) is 0 Å². The van der Waals surface area contributed by atoms with E-state index < -0.39 is 0 Å². The Bertz CT molecular complexity index is 256. The molecule has 0 saturated carbocycles. The molecule has 1 aliphatic rings. The topological polar surface area (TPSA) is 21.3 Å². The minimum Gasteiger partial charge on any atom is -0.280 e. The Morgan fingerprint density at radius 3 is 2.47 bits per heavy atom. The number of rotatable bonds is 3. The van der Waals surface area contributed by atoms with Crippen LogP contribution in [0.15, 0.2) is 11.3 Å². The summed E-state index contributed by atoms with van der Waals surface area (Å²) in [7, 11) is 1.71. The van der Waals surface area contributed by atoms with E-state index in [0.29, 0.717) is 5.41 Å². The molecule has 0 unspecified atom stereocenters. The Morgan fingerprint density at radius 2 is 1.82 bits per heavy atom. The van der Waals surface area contributed by atoms with Crippen LogP contribution in [-0.2, 0) is 4.84 Å². The lowest BCUT2D eigenvalue weighted by molar-refractivity contribution is 0.112. The molecule has 0 spiro atoms. The molecular formula is C15H29NO. The summed E-state index contributed by atoms with van der Waals surface area (Å²) in [4.78, 5) is 5.13. The van der Waals surface area contributed by atoms with Crippen molar-refractivity contribution in [2.45, 2.75) is 72.1 Å². The molecule has 1 aliphatic carbocycles. The van der Waals surface area contributed by atoms with E-state index in [0.717, 1.165) is 12.8 Å². The van der Waals surface area contributed by atoms with Gasteiger partial charge in [0.1, 0.15) is 0 Å². The van der Waals surface area contributed by atoms with E-state index >= 15 is 0 Å². The minimum atomic E-state index is 0.516. The van der Waals surface area contributed by atoms with Gasteiger partial charge in [0.2, 0.25) is 0 Å².